The van der Waals surface area contributed by atoms with Crippen molar-refractivity contribution in [3.05, 3.63) is 124 Å². The molecule has 2 heterocycles. The Morgan fingerprint density at radius 3 is 2.28 bits per heavy atom. The van der Waals surface area contributed by atoms with E-state index >= 15 is 0 Å². The molecule has 1 aliphatic rings. The van der Waals surface area contributed by atoms with E-state index in [4.69, 9.17) is 4.42 Å². The second-order valence-corrected chi connectivity index (χ2v) is 12.3. The van der Waals surface area contributed by atoms with Crippen LogP contribution >= 0.6 is 0 Å². The third-order valence-electron chi connectivity index (χ3n) is 8.41. The molecular weight excluding hydrogens is 480 g/mol. The maximum atomic E-state index is 13.7. The van der Waals surface area contributed by atoms with E-state index in [0.717, 1.165) is 17.0 Å². The van der Waals surface area contributed by atoms with Gasteiger partial charge < -0.3 is 9.32 Å². The molecule has 0 radical (unpaired) electrons. The number of benzene rings is 2. The monoisotopic (exact) mass is 520 g/mol. The average Bonchev–Trinajstić information content (AvgIpc) is 3.39. The van der Waals surface area contributed by atoms with Gasteiger partial charge in [-0.1, -0.05) is 76.2 Å². The molecule has 0 unspecified atom stereocenters. The Bertz CT molecular complexity index is 1430. The summed E-state index contributed by atoms with van der Waals surface area (Å²) in [5.74, 6) is 1.11. The summed E-state index contributed by atoms with van der Waals surface area (Å²) in [7, 11) is 0. The SMILES string of the molecule is Cc1cc2c(cc1Cc1ccc(C(=O)N(CCc3ccccn3)Cc3ccccc3)o1)C(C)(C)CCC2(C)C. The highest BCUT2D eigenvalue weighted by Crippen LogP contribution is 2.46. The summed E-state index contributed by atoms with van der Waals surface area (Å²) in [4.78, 5) is 20.0. The molecule has 1 aliphatic carbocycles. The molecule has 5 rings (SSSR count). The van der Waals surface area contributed by atoms with Crippen LogP contribution in [0.4, 0.5) is 0 Å². The van der Waals surface area contributed by atoms with E-state index in [9.17, 15) is 4.79 Å². The number of hydrogen-bond donors (Lipinski definition) is 0. The highest BCUT2D eigenvalue weighted by atomic mass is 16.4. The lowest BCUT2D eigenvalue weighted by molar-refractivity contribution is 0.0710. The Kier molecular flexibility index (Phi) is 7.48. The van der Waals surface area contributed by atoms with Gasteiger partial charge in [-0.15, -0.1) is 0 Å². The van der Waals surface area contributed by atoms with E-state index in [1.807, 2.05) is 53.4 Å². The zero-order chi connectivity index (χ0) is 27.6. The molecule has 2 aromatic heterocycles. The van der Waals surface area contributed by atoms with Crippen molar-refractivity contribution in [2.75, 3.05) is 6.54 Å². The summed E-state index contributed by atoms with van der Waals surface area (Å²) in [5.41, 5.74) is 7.88. The zero-order valence-corrected chi connectivity index (χ0v) is 24.0. The summed E-state index contributed by atoms with van der Waals surface area (Å²) < 4.78 is 6.21. The number of aryl methyl sites for hydroxylation is 1. The number of carbonyl (C=O) groups is 1. The molecule has 0 spiro atoms. The number of nitrogens with zero attached hydrogens (tertiary/aromatic N) is 2. The van der Waals surface area contributed by atoms with Crippen LogP contribution in [0.2, 0.25) is 0 Å². The summed E-state index contributed by atoms with van der Waals surface area (Å²) in [5, 5.41) is 0. The van der Waals surface area contributed by atoms with Crippen molar-refractivity contribution in [3.8, 4) is 0 Å². The first-order chi connectivity index (χ1) is 18.6. The molecule has 1 amide bonds. The third-order valence-corrected chi connectivity index (χ3v) is 8.41. The quantitative estimate of drug-likeness (QED) is 0.238. The number of aromatic nitrogens is 1. The number of pyridine rings is 1. The van der Waals surface area contributed by atoms with Gasteiger partial charge in [0.1, 0.15) is 5.76 Å². The van der Waals surface area contributed by atoms with E-state index in [-0.39, 0.29) is 16.7 Å². The van der Waals surface area contributed by atoms with E-state index in [1.54, 1.807) is 6.20 Å². The van der Waals surface area contributed by atoms with Crippen LogP contribution in [-0.2, 0) is 30.2 Å². The molecule has 0 bridgehead atoms. The minimum absolute atomic E-state index is 0.0916. The van der Waals surface area contributed by atoms with Gasteiger partial charge in [-0.05, 0) is 82.7 Å². The van der Waals surface area contributed by atoms with Crippen LogP contribution in [0.3, 0.4) is 0 Å². The van der Waals surface area contributed by atoms with Crippen LogP contribution < -0.4 is 0 Å². The van der Waals surface area contributed by atoms with Gasteiger partial charge >= 0.3 is 0 Å². The molecule has 39 heavy (non-hydrogen) atoms. The first-order valence-corrected chi connectivity index (χ1v) is 14.1. The Hall–Kier alpha value is -3.66. The van der Waals surface area contributed by atoms with Crippen molar-refractivity contribution < 1.29 is 9.21 Å². The molecule has 202 valence electrons. The van der Waals surface area contributed by atoms with Gasteiger partial charge in [-0.25, -0.2) is 0 Å². The summed E-state index contributed by atoms with van der Waals surface area (Å²) in [6, 6.07) is 24.6. The summed E-state index contributed by atoms with van der Waals surface area (Å²) >= 11 is 0. The highest BCUT2D eigenvalue weighted by Gasteiger charge is 2.37. The molecule has 0 saturated carbocycles. The van der Waals surface area contributed by atoms with Gasteiger partial charge in [-0.3, -0.25) is 9.78 Å². The standard InChI is InChI=1S/C35H40N2O2/c1-25-21-30-31(35(4,5)18-17-34(30,2)3)23-27(25)22-29-14-15-32(39-29)33(38)37(24-26-11-7-6-8-12-26)20-16-28-13-9-10-19-36-28/h6-15,19,21,23H,16-18,20,22,24H2,1-5H3. The van der Waals surface area contributed by atoms with Gasteiger partial charge in [0, 0.05) is 37.8 Å². The second-order valence-electron chi connectivity index (χ2n) is 12.3. The Labute approximate surface area is 233 Å². The molecule has 0 fully saturated rings. The Morgan fingerprint density at radius 1 is 0.897 bits per heavy atom. The fourth-order valence-corrected chi connectivity index (χ4v) is 5.74. The van der Waals surface area contributed by atoms with Gasteiger partial charge in [0.05, 0.1) is 0 Å². The van der Waals surface area contributed by atoms with Gasteiger partial charge in [0.2, 0.25) is 0 Å². The fraction of sp³-hybridized carbons (Fsp3) is 0.371. The predicted octanol–water partition coefficient (Wildman–Crippen LogP) is 7.81. The van der Waals surface area contributed by atoms with Gasteiger partial charge in [0.25, 0.3) is 5.91 Å². The molecular formula is C35H40N2O2. The normalized spacial score (nSPS) is 15.5. The van der Waals surface area contributed by atoms with Crippen molar-refractivity contribution in [1.29, 1.82) is 0 Å². The average molecular weight is 521 g/mol. The Morgan fingerprint density at radius 2 is 1.59 bits per heavy atom. The number of furan rings is 1. The van der Waals surface area contributed by atoms with Crippen LogP contribution in [-0.4, -0.2) is 22.3 Å². The van der Waals surface area contributed by atoms with E-state index in [2.05, 4.69) is 63.9 Å². The number of amides is 1. The lowest BCUT2D eigenvalue weighted by atomic mass is 9.62. The van der Waals surface area contributed by atoms with Crippen molar-refractivity contribution in [3.63, 3.8) is 0 Å². The molecule has 0 aliphatic heterocycles. The van der Waals surface area contributed by atoms with E-state index in [1.165, 1.54) is 35.1 Å². The van der Waals surface area contributed by atoms with Crippen molar-refractivity contribution in [2.45, 2.75) is 77.7 Å². The topological polar surface area (TPSA) is 46.3 Å². The number of hydrogen-bond acceptors (Lipinski definition) is 3. The maximum Gasteiger partial charge on any atom is 0.289 e. The van der Waals surface area contributed by atoms with Crippen LogP contribution in [0.15, 0.2) is 83.4 Å². The molecule has 4 heteroatoms. The minimum Gasteiger partial charge on any atom is -0.456 e. The Balaban J connectivity index is 1.37. The fourth-order valence-electron chi connectivity index (χ4n) is 5.74. The molecule has 4 nitrogen and oxygen atoms in total. The van der Waals surface area contributed by atoms with Crippen LogP contribution in [0.5, 0.6) is 0 Å². The lowest BCUT2D eigenvalue weighted by Crippen LogP contribution is -2.34. The van der Waals surface area contributed by atoms with Crippen molar-refractivity contribution in [2.24, 2.45) is 0 Å². The number of carbonyl (C=O) groups excluding carboxylic acids is 1. The smallest absolute Gasteiger partial charge is 0.289 e. The van der Waals surface area contributed by atoms with Crippen molar-refractivity contribution >= 4 is 5.91 Å². The van der Waals surface area contributed by atoms with Gasteiger partial charge in [-0.2, -0.15) is 0 Å². The third kappa shape index (κ3) is 6.00. The molecule has 0 atom stereocenters. The number of rotatable bonds is 8. The predicted molar refractivity (Wildman–Crippen MR) is 157 cm³/mol. The maximum absolute atomic E-state index is 13.7. The minimum atomic E-state index is -0.0916. The molecule has 0 N–H and O–H groups in total. The van der Waals surface area contributed by atoms with Gasteiger partial charge in [0.15, 0.2) is 5.76 Å². The summed E-state index contributed by atoms with van der Waals surface area (Å²) in [6.45, 7) is 12.7. The summed E-state index contributed by atoms with van der Waals surface area (Å²) in [6.07, 6.45) is 5.55. The first-order valence-electron chi connectivity index (χ1n) is 14.1. The van der Waals surface area contributed by atoms with Crippen LogP contribution in [0.25, 0.3) is 0 Å². The van der Waals surface area contributed by atoms with Crippen molar-refractivity contribution in [1.82, 2.24) is 9.88 Å². The second kappa shape index (κ2) is 10.8. The highest BCUT2D eigenvalue weighted by molar-refractivity contribution is 5.91. The molecule has 4 aromatic rings. The number of fused-ring (bicyclic) bond motifs is 1. The van der Waals surface area contributed by atoms with E-state index < -0.39 is 0 Å². The zero-order valence-electron chi connectivity index (χ0n) is 24.0. The first kappa shape index (κ1) is 26.9. The van der Waals surface area contributed by atoms with Crippen LogP contribution in [0, 0.1) is 6.92 Å². The molecule has 2 aromatic carbocycles. The lowest BCUT2D eigenvalue weighted by Gasteiger charge is -2.42. The molecule has 0 saturated heterocycles. The largest absolute Gasteiger partial charge is 0.456 e. The van der Waals surface area contributed by atoms with E-state index in [0.29, 0.717) is 31.7 Å². The van der Waals surface area contributed by atoms with Crippen LogP contribution in [0.1, 0.15) is 90.4 Å².